The van der Waals surface area contributed by atoms with Crippen LogP contribution in [0.4, 0.5) is 0 Å². The molecule has 0 unspecified atom stereocenters. The standard InChI is InChI=1S/C15H19ClN2O3/c1-15(14(20)21)4-6-18(7-5-15)9-11-3-2-10(13(17)19)8-12(11)16/h2-3,8H,4-7,9H2,1H3,(H2,17,19)(H,20,21). The maximum atomic E-state index is 11.2. The van der Waals surface area contributed by atoms with Gasteiger partial charge in [0.2, 0.25) is 5.91 Å². The Bertz CT molecular complexity index is 566. The molecule has 1 heterocycles. The summed E-state index contributed by atoms with van der Waals surface area (Å²) < 4.78 is 0. The van der Waals surface area contributed by atoms with Crippen LogP contribution in [0.1, 0.15) is 35.7 Å². The minimum absolute atomic E-state index is 0.390. The van der Waals surface area contributed by atoms with Crippen molar-refractivity contribution < 1.29 is 14.7 Å². The number of likely N-dealkylation sites (tertiary alicyclic amines) is 1. The number of aliphatic carboxylic acids is 1. The van der Waals surface area contributed by atoms with Crippen LogP contribution in [0.15, 0.2) is 18.2 Å². The van der Waals surface area contributed by atoms with Crippen LogP contribution in [-0.2, 0) is 11.3 Å². The van der Waals surface area contributed by atoms with Crippen molar-refractivity contribution in [2.75, 3.05) is 13.1 Å². The lowest BCUT2D eigenvalue weighted by Crippen LogP contribution is -2.42. The maximum absolute atomic E-state index is 11.2. The van der Waals surface area contributed by atoms with Crippen LogP contribution in [0.25, 0.3) is 0 Å². The van der Waals surface area contributed by atoms with Gasteiger partial charge in [-0.3, -0.25) is 14.5 Å². The number of primary amides is 1. The Morgan fingerprint density at radius 2 is 2.00 bits per heavy atom. The number of carbonyl (C=O) groups excluding carboxylic acids is 1. The molecule has 0 atom stereocenters. The number of amides is 1. The lowest BCUT2D eigenvalue weighted by atomic mass is 9.80. The molecule has 1 aliphatic heterocycles. The molecular formula is C15H19ClN2O3. The number of hydrogen-bond acceptors (Lipinski definition) is 3. The first-order chi connectivity index (χ1) is 9.82. The number of hydrogen-bond donors (Lipinski definition) is 2. The van der Waals surface area contributed by atoms with Gasteiger partial charge in [-0.05, 0) is 50.6 Å². The Labute approximate surface area is 128 Å². The molecule has 0 aliphatic carbocycles. The van der Waals surface area contributed by atoms with Crippen molar-refractivity contribution in [2.45, 2.75) is 26.3 Å². The third-order valence-corrected chi connectivity index (χ3v) is 4.56. The highest BCUT2D eigenvalue weighted by atomic mass is 35.5. The molecule has 0 saturated carbocycles. The molecule has 114 valence electrons. The Kier molecular flexibility index (Phi) is 4.54. The highest BCUT2D eigenvalue weighted by Crippen LogP contribution is 2.32. The minimum Gasteiger partial charge on any atom is -0.481 e. The second-order valence-corrected chi connectivity index (χ2v) is 6.22. The number of benzene rings is 1. The van der Waals surface area contributed by atoms with Gasteiger partial charge in [0.15, 0.2) is 0 Å². The van der Waals surface area contributed by atoms with Gasteiger partial charge in [-0.25, -0.2) is 0 Å². The second kappa shape index (κ2) is 6.03. The average Bonchev–Trinajstić information content (AvgIpc) is 2.43. The number of piperidine rings is 1. The lowest BCUT2D eigenvalue weighted by Gasteiger charge is -2.36. The van der Waals surface area contributed by atoms with E-state index in [-0.39, 0.29) is 0 Å². The zero-order valence-electron chi connectivity index (χ0n) is 11.9. The lowest BCUT2D eigenvalue weighted by molar-refractivity contribution is -0.150. The van der Waals surface area contributed by atoms with E-state index in [1.54, 1.807) is 25.1 Å². The topological polar surface area (TPSA) is 83.6 Å². The van der Waals surface area contributed by atoms with Gasteiger partial charge in [-0.1, -0.05) is 17.7 Å². The largest absolute Gasteiger partial charge is 0.481 e. The van der Waals surface area contributed by atoms with Gasteiger partial charge >= 0.3 is 5.97 Å². The molecule has 6 heteroatoms. The molecule has 0 spiro atoms. The zero-order valence-corrected chi connectivity index (χ0v) is 12.7. The summed E-state index contributed by atoms with van der Waals surface area (Å²) in [4.78, 5) is 24.5. The molecule has 1 aromatic carbocycles. The van der Waals surface area contributed by atoms with Crippen molar-refractivity contribution in [3.63, 3.8) is 0 Å². The molecule has 1 aromatic rings. The zero-order chi connectivity index (χ0) is 15.6. The average molecular weight is 311 g/mol. The molecule has 3 N–H and O–H groups in total. The van der Waals surface area contributed by atoms with E-state index < -0.39 is 17.3 Å². The number of rotatable bonds is 4. The number of carboxylic acids is 1. The fraction of sp³-hybridized carbons (Fsp3) is 0.467. The van der Waals surface area contributed by atoms with E-state index in [9.17, 15) is 14.7 Å². The first kappa shape index (κ1) is 15.8. The minimum atomic E-state index is -0.731. The van der Waals surface area contributed by atoms with E-state index in [1.807, 2.05) is 0 Å². The normalized spacial score (nSPS) is 18.4. The third-order valence-electron chi connectivity index (χ3n) is 4.21. The molecule has 5 nitrogen and oxygen atoms in total. The highest BCUT2D eigenvalue weighted by Gasteiger charge is 2.36. The van der Waals surface area contributed by atoms with Crippen LogP contribution >= 0.6 is 11.6 Å². The maximum Gasteiger partial charge on any atom is 0.309 e. The van der Waals surface area contributed by atoms with Crippen molar-refractivity contribution in [3.05, 3.63) is 34.3 Å². The highest BCUT2D eigenvalue weighted by molar-refractivity contribution is 6.31. The molecular weight excluding hydrogens is 292 g/mol. The summed E-state index contributed by atoms with van der Waals surface area (Å²) in [6.45, 7) is 3.88. The summed E-state index contributed by atoms with van der Waals surface area (Å²) in [5.41, 5.74) is 5.89. The number of carboxylic acid groups (broad SMARTS) is 1. The third kappa shape index (κ3) is 3.54. The summed E-state index contributed by atoms with van der Waals surface area (Å²) in [5.74, 6) is -1.23. The van der Waals surface area contributed by atoms with Crippen LogP contribution in [0.2, 0.25) is 5.02 Å². The summed E-state index contributed by atoms with van der Waals surface area (Å²) in [6.07, 6.45) is 1.25. The molecule has 0 bridgehead atoms. The Hall–Kier alpha value is -1.59. The van der Waals surface area contributed by atoms with Crippen molar-refractivity contribution in [2.24, 2.45) is 11.1 Å². The first-order valence-corrected chi connectivity index (χ1v) is 7.23. The van der Waals surface area contributed by atoms with Gasteiger partial charge in [0.1, 0.15) is 0 Å². The molecule has 1 saturated heterocycles. The predicted octanol–water partition coefficient (Wildman–Crippen LogP) is 2.13. The van der Waals surface area contributed by atoms with Gasteiger partial charge in [-0.2, -0.15) is 0 Å². The van der Waals surface area contributed by atoms with Crippen LogP contribution < -0.4 is 5.73 Å². The smallest absolute Gasteiger partial charge is 0.309 e. The van der Waals surface area contributed by atoms with E-state index in [0.29, 0.717) is 30.0 Å². The van der Waals surface area contributed by atoms with E-state index in [0.717, 1.165) is 18.7 Å². The Morgan fingerprint density at radius 1 is 1.38 bits per heavy atom. The van der Waals surface area contributed by atoms with Crippen LogP contribution in [0.5, 0.6) is 0 Å². The number of nitrogens with two attached hydrogens (primary N) is 1. The van der Waals surface area contributed by atoms with E-state index in [2.05, 4.69) is 4.90 Å². The number of nitrogens with zero attached hydrogens (tertiary/aromatic N) is 1. The fourth-order valence-corrected chi connectivity index (χ4v) is 2.73. The van der Waals surface area contributed by atoms with Crippen molar-refractivity contribution in [3.8, 4) is 0 Å². The van der Waals surface area contributed by atoms with Gasteiger partial charge in [0.05, 0.1) is 5.41 Å². The molecule has 1 aliphatic rings. The SMILES string of the molecule is CC1(C(=O)O)CCN(Cc2ccc(C(N)=O)cc2Cl)CC1. The van der Waals surface area contributed by atoms with Gasteiger partial charge in [0.25, 0.3) is 0 Å². The summed E-state index contributed by atoms with van der Waals surface area (Å²) in [5, 5.41) is 9.73. The second-order valence-electron chi connectivity index (χ2n) is 5.81. The number of halogens is 1. The van der Waals surface area contributed by atoms with Crippen LogP contribution in [-0.4, -0.2) is 35.0 Å². The molecule has 1 amide bonds. The fourth-order valence-electron chi connectivity index (χ4n) is 2.49. The summed E-state index contributed by atoms with van der Waals surface area (Å²) in [7, 11) is 0. The van der Waals surface area contributed by atoms with Gasteiger partial charge < -0.3 is 10.8 Å². The Morgan fingerprint density at radius 3 is 2.48 bits per heavy atom. The van der Waals surface area contributed by atoms with Crippen LogP contribution in [0.3, 0.4) is 0 Å². The monoisotopic (exact) mass is 310 g/mol. The van der Waals surface area contributed by atoms with Crippen molar-refractivity contribution >= 4 is 23.5 Å². The van der Waals surface area contributed by atoms with Crippen molar-refractivity contribution in [1.82, 2.24) is 4.90 Å². The molecule has 2 rings (SSSR count). The molecule has 21 heavy (non-hydrogen) atoms. The van der Waals surface area contributed by atoms with Gasteiger partial charge in [0, 0.05) is 17.1 Å². The van der Waals surface area contributed by atoms with E-state index in [1.165, 1.54) is 0 Å². The molecule has 0 radical (unpaired) electrons. The summed E-state index contributed by atoms with van der Waals surface area (Å²) >= 11 is 6.17. The Balaban J connectivity index is 2.01. The van der Waals surface area contributed by atoms with Gasteiger partial charge in [-0.15, -0.1) is 0 Å². The molecule has 1 fully saturated rings. The number of carbonyl (C=O) groups is 2. The quantitative estimate of drug-likeness (QED) is 0.892. The van der Waals surface area contributed by atoms with E-state index >= 15 is 0 Å². The van der Waals surface area contributed by atoms with E-state index in [4.69, 9.17) is 17.3 Å². The predicted molar refractivity (Wildman–Crippen MR) is 80.2 cm³/mol. The first-order valence-electron chi connectivity index (χ1n) is 6.86. The van der Waals surface area contributed by atoms with Crippen LogP contribution in [0, 0.1) is 5.41 Å². The molecule has 0 aromatic heterocycles. The summed E-state index contributed by atoms with van der Waals surface area (Å²) in [6, 6.07) is 5.03. The van der Waals surface area contributed by atoms with Crippen molar-refractivity contribution in [1.29, 1.82) is 0 Å².